The molecule has 0 amide bonds. The van der Waals surface area contributed by atoms with Gasteiger partial charge in [-0.15, -0.1) is 0 Å². The van der Waals surface area contributed by atoms with Crippen molar-refractivity contribution in [2.45, 2.75) is 27.2 Å². The van der Waals surface area contributed by atoms with Gasteiger partial charge in [-0.05, 0) is 31.6 Å². The third kappa shape index (κ3) is 3.01. The molecule has 4 heteroatoms. The number of para-hydroxylation sites is 1. The highest BCUT2D eigenvalue weighted by atomic mass is 16.1. The Bertz CT molecular complexity index is 614. The molecule has 0 radical (unpaired) electrons. The van der Waals surface area contributed by atoms with Gasteiger partial charge in [0.2, 0.25) is 0 Å². The number of benzene rings is 1. The van der Waals surface area contributed by atoms with Crippen molar-refractivity contribution in [3.63, 3.8) is 0 Å². The number of likely N-dealkylation sites (N-methyl/N-ethyl adjacent to an activating group) is 1. The first kappa shape index (κ1) is 13.7. The Morgan fingerprint density at radius 1 is 1.26 bits per heavy atom. The van der Waals surface area contributed by atoms with Crippen LogP contribution in [0.15, 0.2) is 23.0 Å². The van der Waals surface area contributed by atoms with Gasteiger partial charge in [-0.25, -0.2) is 4.98 Å². The van der Waals surface area contributed by atoms with Crippen LogP contribution in [-0.2, 0) is 6.42 Å². The highest BCUT2D eigenvalue weighted by Gasteiger charge is 2.07. The zero-order valence-electron chi connectivity index (χ0n) is 11.9. The first-order valence-corrected chi connectivity index (χ1v) is 6.86. The Kier molecular flexibility index (Phi) is 4.32. The fourth-order valence-electron chi connectivity index (χ4n) is 2.27. The maximum atomic E-state index is 12.0. The lowest BCUT2D eigenvalue weighted by molar-refractivity contribution is 0.306. The Balaban J connectivity index is 2.30. The first-order chi connectivity index (χ1) is 9.15. The molecule has 0 unspecified atom stereocenters. The molecule has 0 saturated heterocycles. The lowest BCUT2D eigenvalue weighted by atomic mass is 10.1. The van der Waals surface area contributed by atoms with E-state index in [1.807, 2.05) is 25.1 Å². The molecule has 1 N–H and O–H groups in total. The van der Waals surface area contributed by atoms with Crippen molar-refractivity contribution in [3.05, 3.63) is 39.9 Å². The van der Waals surface area contributed by atoms with Crippen molar-refractivity contribution in [2.75, 3.05) is 19.6 Å². The summed E-state index contributed by atoms with van der Waals surface area (Å²) in [5.41, 5.74) is 1.83. The van der Waals surface area contributed by atoms with Crippen LogP contribution in [0.2, 0.25) is 0 Å². The molecule has 4 nitrogen and oxygen atoms in total. The van der Waals surface area contributed by atoms with Crippen LogP contribution < -0.4 is 5.56 Å². The van der Waals surface area contributed by atoms with E-state index in [1.165, 1.54) is 0 Å². The summed E-state index contributed by atoms with van der Waals surface area (Å²) in [4.78, 5) is 21.8. The number of aryl methyl sites for hydroxylation is 1. The third-order valence-electron chi connectivity index (χ3n) is 3.55. The van der Waals surface area contributed by atoms with Gasteiger partial charge in [0, 0.05) is 13.0 Å². The van der Waals surface area contributed by atoms with E-state index in [9.17, 15) is 4.79 Å². The minimum atomic E-state index is -0.0387. The van der Waals surface area contributed by atoms with Gasteiger partial charge in [-0.2, -0.15) is 0 Å². The maximum absolute atomic E-state index is 12.0. The second kappa shape index (κ2) is 5.97. The summed E-state index contributed by atoms with van der Waals surface area (Å²) < 4.78 is 0. The number of aromatic amines is 1. The van der Waals surface area contributed by atoms with Crippen molar-refractivity contribution in [1.82, 2.24) is 14.9 Å². The summed E-state index contributed by atoms with van der Waals surface area (Å²) >= 11 is 0. The Morgan fingerprint density at radius 3 is 2.68 bits per heavy atom. The molecule has 0 spiro atoms. The number of H-pyrrole nitrogens is 1. The molecule has 19 heavy (non-hydrogen) atoms. The van der Waals surface area contributed by atoms with E-state index in [-0.39, 0.29) is 5.56 Å². The van der Waals surface area contributed by atoms with Crippen LogP contribution >= 0.6 is 0 Å². The van der Waals surface area contributed by atoms with Gasteiger partial charge in [-0.3, -0.25) is 4.79 Å². The van der Waals surface area contributed by atoms with Crippen molar-refractivity contribution in [2.24, 2.45) is 0 Å². The summed E-state index contributed by atoms with van der Waals surface area (Å²) in [6.45, 7) is 9.24. The second-order valence-corrected chi connectivity index (χ2v) is 4.76. The zero-order chi connectivity index (χ0) is 13.8. The Morgan fingerprint density at radius 2 is 2.00 bits per heavy atom. The minimum absolute atomic E-state index is 0.0387. The molecule has 1 aromatic heterocycles. The fraction of sp³-hybridized carbons (Fsp3) is 0.467. The van der Waals surface area contributed by atoms with Gasteiger partial charge >= 0.3 is 0 Å². The normalized spacial score (nSPS) is 11.4. The second-order valence-electron chi connectivity index (χ2n) is 4.76. The van der Waals surface area contributed by atoms with E-state index in [0.29, 0.717) is 5.39 Å². The van der Waals surface area contributed by atoms with Crippen LogP contribution in [-0.4, -0.2) is 34.5 Å². The first-order valence-electron chi connectivity index (χ1n) is 6.86. The zero-order valence-corrected chi connectivity index (χ0v) is 11.9. The van der Waals surface area contributed by atoms with Crippen LogP contribution in [0, 0.1) is 6.92 Å². The summed E-state index contributed by atoms with van der Waals surface area (Å²) in [7, 11) is 0. The van der Waals surface area contributed by atoms with Crippen LogP contribution in [0.4, 0.5) is 0 Å². The number of nitrogens with one attached hydrogen (secondary N) is 1. The number of aromatic nitrogens is 2. The lowest BCUT2D eigenvalue weighted by Crippen LogP contribution is -2.26. The molecule has 0 aliphatic rings. The molecule has 0 aliphatic heterocycles. The van der Waals surface area contributed by atoms with Gasteiger partial charge in [0.05, 0.1) is 10.9 Å². The van der Waals surface area contributed by atoms with E-state index in [1.54, 1.807) is 0 Å². The smallest absolute Gasteiger partial charge is 0.258 e. The van der Waals surface area contributed by atoms with Crippen molar-refractivity contribution >= 4 is 10.9 Å². The maximum Gasteiger partial charge on any atom is 0.258 e. The van der Waals surface area contributed by atoms with E-state index in [2.05, 4.69) is 28.7 Å². The molecule has 1 aromatic carbocycles. The van der Waals surface area contributed by atoms with Crippen LogP contribution in [0.5, 0.6) is 0 Å². The summed E-state index contributed by atoms with van der Waals surface area (Å²) in [5.74, 6) is 0.777. The average Bonchev–Trinajstić information content (AvgIpc) is 2.41. The molecule has 0 bridgehead atoms. The molecule has 0 saturated carbocycles. The van der Waals surface area contributed by atoms with Gasteiger partial charge in [0.15, 0.2) is 0 Å². The SMILES string of the molecule is CCN(CC)CCc1nc2c(C)cccc2c(=O)[nH]1. The van der Waals surface area contributed by atoms with E-state index >= 15 is 0 Å². The molecule has 1 heterocycles. The molecule has 102 valence electrons. The van der Waals surface area contributed by atoms with Crippen LogP contribution in [0.1, 0.15) is 25.2 Å². The van der Waals surface area contributed by atoms with Gasteiger partial charge in [0.25, 0.3) is 5.56 Å². The van der Waals surface area contributed by atoms with Crippen molar-refractivity contribution in [1.29, 1.82) is 0 Å². The predicted molar refractivity (Wildman–Crippen MR) is 78.6 cm³/mol. The van der Waals surface area contributed by atoms with Gasteiger partial charge in [-0.1, -0.05) is 26.0 Å². The lowest BCUT2D eigenvalue weighted by Gasteiger charge is -2.17. The highest BCUT2D eigenvalue weighted by Crippen LogP contribution is 2.12. The van der Waals surface area contributed by atoms with Gasteiger partial charge < -0.3 is 9.88 Å². The van der Waals surface area contributed by atoms with E-state index < -0.39 is 0 Å². The van der Waals surface area contributed by atoms with E-state index in [0.717, 1.165) is 43.0 Å². The Hall–Kier alpha value is -1.68. The molecule has 0 atom stereocenters. The summed E-state index contributed by atoms with van der Waals surface area (Å²) in [6.07, 6.45) is 0.779. The molecule has 2 aromatic rings. The van der Waals surface area contributed by atoms with Crippen LogP contribution in [0.3, 0.4) is 0 Å². The average molecular weight is 259 g/mol. The number of hydrogen-bond donors (Lipinski definition) is 1. The fourth-order valence-corrected chi connectivity index (χ4v) is 2.27. The predicted octanol–water partition coefficient (Wildman–Crippen LogP) is 2.12. The molecule has 0 aliphatic carbocycles. The number of rotatable bonds is 5. The quantitative estimate of drug-likeness (QED) is 0.894. The number of fused-ring (bicyclic) bond motifs is 1. The molecule has 0 fully saturated rings. The minimum Gasteiger partial charge on any atom is -0.310 e. The summed E-state index contributed by atoms with van der Waals surface area (Å²) in [6, 6.07) is 5.70. The van der Waals surface area contributed by atoms with Crippen molar-refractivity contribution < 1.29 is 0 Å². The highest BCUT2D eigenvalue weighted by molar-refractivity contribution is 5.80. The molecular formula is C15H21N3O. The monoisotopic (exact) mass is 259 g/mol. The molecular weight excluding hydrogens is 238 g/mol. The summed E-state index contributed by atoms with van der Waals surface area (Å²) in [5, 5.41) is 0.673. The third-order valence-corrected chi connectivity index (χ3v) is 3.55. The molecule has 2 rings (SSSR count). The van der Waals surface area contributed by atoms with Crippen molar-refractivity contribution in [3.8, 4) is 0 Å². The Labute approximate surface area is 113 Å². The number of hydrogen-bond acceptors (Lipinski definition) is 3. The largest absolute Gasteiger partial charge is 0.310 e. The van der Waals surface area contributed by atoms with Gasteiger partial charge in [0.1, 0.15) is 5.82 Å². The standard InChI is InChI=1S/C15H21N3O/c1-4-18(5-2)10-9-13-16-14-11(3)7-6-8-12(14)15(19)17-13/h6-8H,4-5,9-10H2,1-3H3,(H,16,17,19). The number of nitrogens with zero attached hydrogens (tertiary/aromatic N) is 2. The van der Waals surface area contributed by atoms with E-state index in [4.69, 9.17) is 0 Å². The van der Waals surface area contributed by atoms with Crippen LogP contribution in [0.25, 0.3) is 10.9 Å². The topological polar surface area (TPSA) is 49.0 Å².